The van der Waals surface area contributed by atoms with Crippen molar-refractivity contribution in [1.29, 1.82) is 0 Å². The Hall–Kier alpha value is -1.28. The first-order chi connectivity index (χ1) is 12.6. The van der Waals surface area contributed by atoms with E-state index in [2.05, 4.69) is 5.32 Å². The van der Waals surface area contributed by atoms with Gasteiger partial charge >= 0.3 is 41.6 Å². The molecule has 0 bridgehead atoms. The van der Waals surface area contributed by atoms with Crippen molar-refractivity contribution < 1.29 is 58.5 Å². The molecule has 1 aromatic carbocycles. The zero-order valence-electron chi connectivity index (χ0n) is 16.9. The summed E-state index contributed by atoms with van der Waals surface area (Å²) in [4.78, 5) is 35.0. The van der Waals surface area contributed by atoms with Gasteiger partial charge in [0.2, 0.25) is 0 Å². The molecule has 1 rings (SSSR count). The zero-order valence-corrected chi connectivity index (χ0v) is 19.6. The summed E-state index contributed by atoms with van der Waals surface area (Å²) in [5.41, 5.74) is 0.528. The van der Waals surface area contributed by atoms with Crippen LogP contribution >= 0.6 is 11.6 Å². The van der Waals surface area contributed by atoms with Gasteiger partial charge in [0, 0.05) is 29.4 Å². The molecular weight excluding hydrogens is 397 g/mol. The third-order valence-electron chi connectivity index (χ3n) is 3.73. The number of alkyl carbamates (subject to hydrolysis) is 1. The van der Waals surface area contributed by atoms with E-state index in [0.717, 1.165) is 0 Å². The van der Waals surface area contributed by atoms with E-state index < -0.39 is 30.2 Å². The molecule has 0 aliphatic rings. The molecule has 150 valence electrons. The van der Waals surface area contributed by atoms with Gasteiger partial charge in [-0.05, 0) is 24.1 Å². The Kier molecular flexibility index (Phi) is 12.4. The summed E-state index contributed by atoms with van der Waals surface area (Å²) in [6.45, 7) is 6.90. The van der Waals surface area contributed by atoms with Crippen LogP contribution in [0.5, 0.6) is 0 Å². The van der Waals surface area contributed by atoms with Crippen molar-refractivity contribution in [1.82, 2.24) is 5.32 Å². The molecular formula is C19H25ClNNaO6. The number of hydrogen-bond donors (Lipinski definition) is 1. The van der Waals surface area contributed by atoms with Crippen LogP contribution in [-0.2, 0) is 19.1 Å². The molecule has 0 radical (unpaired) electrons. The molecule has 1 N–H and O–H groups in total. The molecule has 0 aliphatic carbocycles. The molecule has 0 aliphatic heterocycles. The second kappa shape index (κ2) is 13.0. The summed E-state index contributed by atoms with van der Waals surface area (Å²) in [5.74, 6) is -3.20. The van der Waals surface area contributed by atoms with E-state index in [1.54, 1.807) is 52.0 Å². The van der Waals surface area contributed by atoms with Gasteiger partial charge in [-0.25, -0.2) is 4.79 Å². The normalized spacial score (nSPS) is 12.7. The number of ether oxygens (including phenoxy) is 2. The van der Waals surface area contributed by atoms with E-state index >= 15 is 0 Å². The van der Waals surface area contributed by atoms with Crippen LogP contribution in [0.2, 0.25) is 5.02 Å². The molecule has 0 fully saturated rings. The van der Waals surface area contributed by atoms with Gasteiger partial charge in [0.25, 0.3) is 6.29 Å². The third kappa shape index (κ3) is 9.28. The van der Waals surface area contributed by atoms with Crippen molar-refractivity contribution in [3.05, 3.63) is 34.9 Å². The summed E-state index contributed by atoms with van der Waals surface area (Å²) in [5, 5.41) is 14.3. The zero-order chi connectivity index (χ0) is 20.6. The van der Waals surface area contributed by atoms with Gasteiger partial charge in [-0.15, -0.1) is 0 Å². The van der Waals surface area contributed by atoms with Crippen molar-refractivity contribution in [2.75, 3.05) is 6.54 Å². The molecule has 9 heteroatoms. The molecule has 0 heterocycles. The predicted molar refractivity (Wildman–Crippen MR) is 97.9 cm³/mol. The minimum absolute atomic E-state index is 0. The van der Waals surface area contributed by atoms with Gasteiger partial charge in [-0.1, -0.05) is 51.4 Å². The number of hydrogen-bond acceptors (Lipinski definition) is 6. The number of esters is 1. The number of carboxylic acid groups (broad SMARTS) is 1. The van der Waals surface area contributed by atoms with Gasteiger partial charge in [-0.3, -0.25) is 4.79 Å². The Labute approximate surface area is 192 Å². The Morgan fingerprint density at radius 2 is 1.64 bits per heavy atom. The van der Waals surface area contributed by atoms with E-state index in [9.17, 15) is 19.5 Å². The first kappa shape index (κ1) is 26.7. The van der Waals surface area contributed by atoms with Crippen molar-refractivity contribution >= 4 is 29.6 Å². The standard InChI is InChI=1S/C19H26ClNO6.Na/c1-11(2)17(24)26-18(12(3)4)27-19(25)21-10-9-15(16(22)23)13-5-7-14(20)8-6-13;/h5-8,11-12,15,18H,9-10H2,1-4H3,(H,21,25)(H,22,23);/q;+1/p-1/t15?,18-;/m0./s1. The van der Waals surface area contributed by atoms with Crippen molar-refractivity contribution in [2.45, 2.75) is 46.3 Å². The monoisotopic (exact) mass is 421 g/mol. The van der Waals surface area contributed by atoms with E-state index in [1.807, 2.05) is 0 Å². The number of carbonyl (C=O) groups is 3. The Morgan fingerprint density at radius 1 is 1.07 bits per heavy atom. The quantitative estimate of drug-likeness (QED) is 0.327. The molecule has 28 heavy (non-hydrogen) atoms. The van der Waals surface area contributed by atoms with Crippen molar-refractivity contribution in [2.24, 2.45) is 11.8 Å². The maximum atomic E-state index is 11.9. The average Bonchev–Trinajstić information content (AvgIpc) is 2.58. The molecule has 1 amide bonds. The number of aliphatic carboxylic acids is 1. The fraction of sp³-hybridized carbons (Fsp3) is 0.526. The number of halogens is 1. The molecule has 1 aromatic rings. The first-order valence-electron chi connectivity index (χ1n) is 8.73. The van der Waals surface area contributed by atoms with Crippen molar-refractivity contribution in [3.8, 4) is 0 Å². The summed E-state index contributed by atoms with van der Waals surface area (Å²) >= 11 is 5.80. The fourth-order valence-corrected chi connectivity index (χ4v) is 2.25. The number of benzene rings is 1. The van der Waals surface area contributed by atoms with E-state index in [0.29, 0.717) is 10.6 Å². The smallest absolute Gasteiger partial charge is 0.549 e. The van der Waals surface area contributed by atoms with Gasteiger partial charge in [0.1, 0.15) is 0 Å². The minimum Gasteiger partial charge on any atom is -0.549 e. The Morgan fingerprint density at radius 3 is 2.11 bits per heavy atom. The van der Waals surface area contributed by atoms with E-state index in [-0.39, 0.29) is 54.4 Å². The second-order valence-electron chi connectivity index (χ2n) is 6.75. The number of nitrogens with one attached hydrogen (secondary N) is 1. The summed E-state index contributed by atoms with van der Waals surface area (Å²) in [6.07, 6.45) is -1.71. The summed E-state index contributed by atoms with van der Waals surface area (Å²) in [6, 6.07) is 6.37. The van der Waals surface area contributed by atoms with Crippen LogP contribution in [0, 0.1) is 11.8 Å². The van der Waals surface area contributed by atoms with Gasteiger partial charge in [0.05, 0.1) is 5.92 Å². The number of amides is 1. The molecule has 7 nitrogen and oxygen atoms in total. The molecule has 0 saturated heterocycles. The summed E-state index contributed by atoms with van der Waals surface area (Å²) in [7, 11) is 0. The molecule has 1 unspecified atom stereocenters. The fourth-order valence-electron chi connectivity index (χ4n) is 2.13. The van der Waals surface area contributed by atoms with E-state index in [4.69, 9.17) is 21.1 Å². The Balaban J connectivity index is 0.00000729. The van der Waals surface area contributed by atoms with Crippen LogP contribution in [0.15, 0.2) is 24.3 Å². The van der Waals surface area contributed by atoms with Crippen LogP contribution in [0.1, 0.15) is 45.6 Å². The molecule has 0 spiro atoms. The van der Waals surface area contributed by atoms with Crippen LogP contribution in [0.25, 0.3) is 0 Å². The molecule has 2 atom stereocenters. The second-order valence-corrected chi connectivity index (χ2v) is 7.18. The van der Waals surface area contributed by atoms with Crippen LogP contribution < -0.4 is 40.0 Å². The van der Waals surface area contributed by atoms with Gasteiger partial charge in [-0.2, -0.15) is 0 Å². The van der Waals surface area contributed by atoms with Crippen LogP contribution in [0.4, 0.5) is 4.79 Å². The minimum atomic E-state index is -1.25. The largest absolute Gasteiger partial charge is 1.00 e. The maximum Gasteiger partial charge on any atom is 1.00 e. The van der Waals surface area contributed by atoms with E-state index in [1.165, 1.54) is 0 Å². The third-order valence-corrected chi connectivity index (χ3v) is 3.98. The van der Waals surface area contributed by atoms with Crippen molar-refractivity contribution in [3.63, 3.8) is 0 Å². The Bertz CT molecular complexity index is 650. The molecule has 0 aromatic heterocycles. The first-order valence-corrected chi connectivity index (χ1v) is 9.11. The van der Waals surface area contributed by atoms with Gasteiger partial charge in [0.15, 0.2) is 0 Å². The number of carboxylic acids is 1. The van der Waals surface area contributed by atoms with Crippen LogP contribution in [-0.4, -0.2) is 30.9 Å². The van der Waals surface area contributed by atoms with Crippen LogP contribution in [0.3, 0.4) is 0 Å². The van der Waals surface area contributed by atoms with Gasteiger partial charge < -0.3 is 24.7 Å². The molecule has 0 saturated carbocycles. The maximum absolute atomic E-state index is 11.9. The topological polar surface area (TPSA) is 105 Å². The average molecular weight is 422 g/mol. The summed E-state index contributed by atoms with van der Waals surface area (Å²) < 4.78 is 10.3. The number of carbonyl (C=O) groups excluding carboxylic acids is 3. The predicted octanol–water partition coefficient (Wildman–Crippen LogP) is -0.525. The SMILES string of the molecule is CC(C)C(=O)O[C@@H](OC(=O)NCCC(C(=O)[O-])c1ccc(Cl)cc1)C(C)C.[Na+]. The number of rotatable bonds is 9.